The number of halogens is 1. The van der Waals surface area contributed by atoms with Crippen LogP contribution in [0, 0.1) is 10.1 Å². The second kappa shape index (κ2) is 10.9. The third-order valence-electron chi connectivity index (χ3n) is 4.47. The molecule has 2 N–H and O–H groups in total. The quantitative estimate of drug-likeness (QED) is 0.211. The van der Waals surface area contributed by atoms with Gasteiger partial charge in [0.25, 0.3) is 11.6 Å². The van der Waals surface area contributed by atoms with Crippen LogP contribution in [-0.4, -0.2) is 60.2 Å². The predicted octanol–water partition coefficient (Wildman–Crippen LogP) is 2.60. The van der Waals surface area contributed by atoms with Gasteiger partial charge in [-0.1, -0.05) is 19.8 Å². The Balaban J connectivity index is 2.41. The number of unbranched alkanes of at least 4 members (excludes halogenated alkanes) is 2. The van der Waals surface area contributed by atoms with Crippen LogP contribution in [0.15, 0.2) is 27.9 Å². The Hall–Kier alpha value is -2.66. The van der Waals surface area contributed by atoms with E-state index in [1.807, 2.05) is 0 Å². The van der Waals surface area contributed by atoms with E-state index < -0.39 is 16.8 Å². The van der Waals surface area contributed by atoms with Gasteiger partial charge in [0.1, 0.15) is 17.1 Å². The molecule has 0 aliphatic carbocycles. The number of amides is 1. The van der Waals surface area contributed by atoms with Gasteiger partial charge in [0, 0.05) is 18.7 Å². The van der Waals surface area contributed by atoms with Crippen LogP contribution in [0.1, 0.15) is 26.2 Å². The summed E-state index contributed by atoms with van der Waals surface area (Å²) in [6.45, 7) is 2.15. The summed E-state index contributed by atoms with van der Waals surface area (Å²) in [5, 5.41) is 23.4. The summed E-state index contributed by atoms with van der Waals surface area (Å²) in [5.74, 6) is -0.925. The second-order valence-corrected chi connectivity index (χ2v) is 7.39. The molecule has 1 aromatic carbocycles. The van der Waals surface area contributed by atoms with Crippen molar-refractivity contribution in [3.05, 3.63) is 38.0 Å². The number of methoxy groups -OCH3 is 1. The molecule has 1 aromatic rings. The zero-order valence-corrected chi connectivity index (χ0v) is 18.4. The van der Waals surface area contributed by atoms with Crippen molar-refractivity contribution in [2.75, 3.05) is 38.7 Å². The highest BCUT2D eigenvalue weighted by molar-refractivity contribution is 9.10. The van der Waals surface area contributed by atoms with Gasteiger partial charge in [-0.15, -0.1) is 0 Å². The Kier molecular flexibility index (Phi) is 8.60. The van der Waals surface area contributed by atoms with E-state index in [4.69, 9.17) is 14.6 Å². The Morgan fingerprint density at radius 3 is 2.73 bits per heavy atom. The van der Waals surface area contributed by atoms with E-state index in [0.29, 0.717) is 16.8 Å². The fourth-order valence-corrected chi connectivity index (χ4v) is 3.37. The average Bonchev–Trinajstić information content (AvgIpc) is 3.02. The molecule has 0 spiro atoms. The van der Waals surface area contributed by atoms with Crippen molar-refractivity contribution in [3.63, 3.8) is 0 Å². The molecule has 0 saturated carbocycles. The number of nitrogens with one attached hydrogen (secondary N) is 1. The molecule has 0 atom stereocenters. The summed E-state index contributed by atoms with van der Waals surface area (Å²) in [6.07, 6.45) is 2.84. The number of benzene rings is 1. The number of hydrogen-bond acceptors (Lipinski definition) is 8. The molecule has 0 unspecified atom stereocenters. The van der Waals surface area contributed by atoms with Gasteiger partial charge in [-0.05, 0) is 22.4 Å². The molecular weight excluding hydrogens is 462 g/mol. The lowest BCUT2D eigenvalue weighted by atomic mass is 10.2. The maximum atomic E-state index is 12.7. The number of rotatable bonds is 11. The van der Waals surface area contributed by atoms with Gasteiger partial charge in [0.15, 0.2) is 0 Å². The molecule has 10 nitrogen and oxygen atoms in total. The van der Waals surface area contributed by atoms with Crippen LogP contribution in [-0.2, 0) is 14.3 Å². The van der Waals surface area contributed by atoms with E-state index in [1.165, 1.54) is 24.1 Å². The number of nitro groups is 1. The van der Waals surface area contributed by atoms with Gasteiger partial charge in [-0.3, -0.25) is 14.9 Å². The number of hydrogen-bond donors (Lipinski definition) is 2. The minimum absolute atomic E-state index is 0.00398. The first-order chi connectivity index (χ1) is 14.3. The Bertz CT molecular complexity index is 857. The summed E-state index contributed by atoms with van der Waals surface area (Å²) in [5.41, 5.74) is -0.395. The lowest BCUT2D eigenvalue weighted by Gasteiger charge is -2.15. The minimum Gasteiger partial charge on any atom is -0.492 e. The zero-order valence-electron chi connectivity index (χ0n) is 16.8. The first kappa shape index (κ1) is 23.6. The van der Waals surface area contributed by atoms with Crippen molar-refractivity contribution in [3.8, 4) is 5.75 Å². The predicted molar refractivity (Wildman–Crippen MR) is 112 cm³/mol. The number of aliphatic hydroxyl groups is 1. The van der Waals surface area contributed by atoms with E-state index >= 15 is 0 Å². The van der Waals surface area contributed by atoms with E-state index in [0.717, 1.165) is 19.3 Å². The molecule has 0 radical (unpaired) electrons. The van der Waals surface area contributed by atoms with E-state index in [9.17, 15) is 19.7 Å². The van der Waals surface area contributed by atoms with Crippen LogP contribution in [0.5, 0.6) is 5.75 Å². The fraction of sp³-hybridized carbons (Fsp3) is 0.474. The molecular formula is C19H24BrN3O7. The summed E-state index contributed by atoms with van der Waals surface area (Å²) in [4.78, 5) is 37.0. The molecule has 1 aliphatic heterocycles. The van der Waals surface area contributed by atoms with E-state index in [-0.39, 0.29) is 42.3 Å². The smallest absolute Gasteiger partial charge is 0.337 e. The maximum absolute atomic E-state index is 12.7. The SMILES string of the molecule is CCCCCOc1cc(NC2=C(C(=O)OC)CN(CCO)C2=O)c([N+](=O)[O-])cc1Br. The molecule has 1 heterocycles. The number of nitrogens with zero attached hydrogens (tertiary/aromatic N) is 2. The molecule has 1 aliphatic rings. The summed E-state index contributed by atoms with van der Waals surface area (Å²) in [6, 6.07) is 2.69. The van der Waals surface area contributed by atoms with Crippen LogP contribution >= 0.6 is 15.9 Å². The van der Waals surface area contributed by atoms with Crippen LogP contribution in [0.4, 0.5) is 11.4 Å². The fourth-order valence-electron chi connectivity index (χ4n) is 2.92. The van der Waals surface area contributed by atoms with Gasteiger partial charge in [-0.2, -0.15) is 0 Å². The third-order valence-corrected chi connectivity index (χ3v) is 5.09. The van der Waals surface area contributed by atoms with Crippen LogP contribution in [0.2, 0.25) is 0 Å². The van der Waals surface area contributed by atoms with Gasteiger partial charge < -0.3 is 24.8 Å². The van der Waals surface area contributed by atoms with Gasteiger partial charge in [0.05, 0.1) is 41.8 Å². The molecule has 30 heavy (non-hydrogen) atoms. The molecule has 2 rings (SSSR count). The Morgan fingerprint density at radius 2 is 2.13 bits per heavy atom. The second-order valence-electron chi connectivity index (χ2n) is 6.53. The van der Waals surface area contributed by atoms with Crippen LogP contribution in [0.3, 0.4) is 0 Å². The molecule has 0 fully saturated rings. The van der Waals surface area contributed by atoms with E-state index in [1.54, 1.807) is 0 Å². The van der Waals surface area contributed by atoms with Gasteiger partial charge >= 0.3 is 5.97 Å². The monoisotopic (exact) mass is 485 g/mol. The lowest BCUT2D eigenvalue weighted by Crippen LogP contribution is -2.31. The maximum Gasteiger partial charge on any atom is 0.337 e. The topological polar surface area (TPSA) is 131 Å². The Morgan fingerprint density at radius 1 is 1.40 bits per heavy atom. The normalized spacial score (nSPS) is 13.6. The number of anilines is 1. The van der Waals surface area contributed by atoms with Crippen molar-refractivity contribution >= 4 is 39.2 Å². The van der Waals surface area contributed by atoms with Crippen molar-refractivity contribution < 1.29 is 29.1 Å². The minimum atomic E-state index is -0.734. The standard InChI is InChI=1S/C19H24BrN3O7/c1-3-4-5-8-30-16-10-14(15(23(27)28)9-13(16)20)21-17-12(19(26)29-2)11-22(6-7-24)18(17)25/h9-10,21,24H,3-8,11H2,1-2H3. The number of β-amino-alcohol motifs (C(OH)–C–C–N with tert-alkyl or cyclic N) is 1. The highest BCUT2D eigenvalue weighted by Crippen LogP contribution is 2.38. The molecule has 0 aromatic heterocycles. The van der Waals surface area contributed by atoms with Crippen molar-refractivity contribution in [1.82, 2.24) is 4.90 Å². The highest BCUT2D eigenvalue weighted by atomic mass is 79.9. The first-order valence-electron chi connectivity index (χ1n) is 9.43. The largest absolute Gasteiger partial charge is 0.492 e. The molecule has 0 saturated heterocycles. The van der Waals surface area contributed by atoms with Crippen molar-refractivity contribution in [1.29, 1.82) is 0 Å². The third kappa shape index (κ3) is 5.48. The molecule has 11 heteroatoms. The summed E-state index contributed by atoms with van der Waals surface area (Å²) < 4.78 is 10.8. The number of nitro benzene ring substituents is 1. The Labute approximate surface area is 182 Å². The molecule has 164 valence electrons. The number of carbonyl (C=O) groups excluding carboxylic acids is 2. The summed E-state index contributed by atoms with van der Waals surface area (Å²) >= 11 is 3.27. The zero-order chi connectivity index (χ0) is 22.3. The number of carbonyl (C=O) groups is 2. The lowest BCUT2D eigenvalue weighted by molar-refractivity contribution is -0.384. The van der Waals surface area contributed by atoms with Gasteiger partial charge in [0.2, 0.25) is 0 Å². The number of aliphatic hydroxyl groups excluding tert-OH is 1. The first-order valence-corrected chi connectivity index (χ1v) is 10.2. The van der Waals surface area contributed by atoms with E-state index in [2.05, 4.69) is 28.2 Å². The van der Waals surface area contributed by atoms with Crippen molar-refractivity contribution in [2.24, 2.45) is 0 Å². The van der Waals surface area contributed by atoms with Crippen LogP contribution < -0.4 is 10.1 Å². The molecule has 0 bridgehead atoms. The average molecular weight is 486 g/mol. The van der Waals surface area contributed by atoms with Crippen LogP contribution in [0.25, 0.3) is 0 Å². The number of ether oxygens (including phenoxy) is 2. The highest BCUT2D eigenvalue weighted by Gasteiger charge is 2.35. The number of esters is 1. The van der Waals surface area contributed by atoms with Gasteiger partial charge in [-0.25, -0.2) is 4.79 Å². The summed E-state index contributed by atoms with van der Waals surface area (Å²) in [7, 11) is 1.18. The van der Waals surface area contributed by atoms with Crippen molar-refractivity contribution in [2.45, 2.75) is 26.2 Å². The molecule has 1 amide bonds.